The maximum absolute atomic E-state index is 13.3. The molecule has 7 nitrogen and oxygen atoms in total. The Morgan fingerprint density at radius 2 is 1.83 bits per heavy atom. The van der Waals surface area contributed by atoms with Crippen LogP contribution in [0, 0.1) is 5.82 Å². The number of hydrogen-bond donors (Lipinski definition) is 2. The summed E-state index contributed by atoms with van der Waals surface area (Å²) in [5.74, 6) is 0.120. The van der Waals surface area contributed by atoms with Crippen LogP contribution in [0.2, 0.25) is 5.02 Å². The largest absolute Gasteiger partial charge is 0.491 e. The minimum atomic E-state index is -3.32. The van der Waals surface area contributed by atoms with E-state index in [2.05, 4.69) is 14.5 Å². The van der Waals surface area contributed by atoms with Crippen molar-refractivity contribution in [3.05, 3.63) is 53.3 Å². The van der Waals surface area contributed by atoms with Gasteiger partial charge in [0.25, 0.3) is 0 Å². The van der Waals surface area contributed by atoms with E-state index in [4.69, 9.17) is 16.3 Å². The molecule has 1 fully saturated rings. The number of halogens is 2. The van der Waals surface area contributed by atoms with Gasteiger partial charge in [0.15, 0.2) is 0 Å². The Bertz CT molecular complexity index is 951. The zero-order valence-electron chi connectivity index (χ0n) is 16.6. The van der Waals surface area contributed by atoms with Crippen LogP contribution in [0.1, 0.15) is 0 Å². The molecule has 164 valence electrons. The summed E-state index contributed by atoms with van der Waals surface area (Å²) < 4.78 is 43.7. The Morgan fingerprint density at radius 1 is 1.17 bits per heavy atom. The highest BCUT2D eigenvalue weighted by Gasteiger charge is 2.20. The van der Waals surface area contributed by atoms with E-state index < -0.39 is 21.9 Å². The molecule has 3 rings (SSSR count). The molecule has 10 heteroatoms. The van der Waals surface area contributed by atoms with Crippen molar-refractivity contribution >= 4 is 33.0 Å². The van der Waals surface area contributed by atoms with Crippen molar-refractivity contribution in [1.82, 2.24) is 4.90 Å². The van der Waals surface area contributed by atoms with E-state index in [1.54, 1.807) is 36.4 Å². The van der Waals surface area contributed by atoms with Crippen molar-refractivity contribution in [3.8, 4) is 5.75 Å². The van der Waals surface area contributed by atoms with Crippen LogP contribution in [0.5, 0.6) is 5.75 Å². The first-order chi connectivity index (χ1) is 14.2. The number of sulfonamides is 1. The maximum atomic E-state index is 13.3. The average Bonchev–Trinajstić information content (AvgIpc) is 2.69. The van der Waals surface area contributed by atoms with Crippen molar-refractivity contribution in [2.45, 2.75) is 6.10 Å². The minimum absolute atomic E-state index is 0.114. The predicted molar refractivity (Wildman–Crippen MR) is 116 cm³/mol. The van der Waals surface area contributed by atoms with E-state index in [1.165, 1.54) is 6.07 Å². The van der Waals surface area contributed by atoms with Gasteiger partial charge in [-0.05, 0) is 42.5 Å². The molecule has 0 saturated carbocycles. The van der Waals surface area contributed by atoms with E-state index >= 15 is 0 Å². The summed E-state index contributed by atoms with van der Waals surface area (Å²) in [5.41, 5.74) is 1.34. The Labute approximate surface area is 181 Å². The number of nitrogens with zero attached hydrogens (tertiary/aromatic N) is 2. The summed E-state index contributed by atoms with van der Waals surface area (Å²) >= 11 is 5.86. The van der Waals surface area contributed by atoms with E-state index in [0.717, 1.165) is 38.1 Å². The van der Waals surface area contributed by atoms with Crippen LogP contribution >= 0.6 is 11.6 Å². The van der Waals surface area contributed by atoms with Crippen LogP contribution in [0.4, 0.5) is 15.8 Å². The molecule has 2 aromatic carbocycles. The number of piperazine rings is 1. The standard InChI is InChI=1S/C20H25ClFN3O4S/c1-30(27,28)23-15-2-5-18(6-3-15)29-14-17(26)13-24-8-10-25(11-9-24)16-4-7-20(22)19(21)12-16/h2-7,12,17,23,26H,8-11,13-14H2,1H3. The first kappa shape index (κ1) is 22.6. The topological polar surface area (TPSA) is 82.1 Å². The Hall–Kier alpha value is -2.07. The summed E-state index contributed by atoms with van der Waals surface area (Å²) in [4.78, 5) is 4.28. The molecule has 1 aliphatic rings. The van der Waals surface area contributed by atoms with Gasteiger partial charge in [0.05, 0.1) is 11.3 Å². The molecule has 30 heavy (non-hydrogen) atoms. The first-order valence-electron chi connectivity index (χ1n) is 9.51. The van der Waals surface area contributed by atoms with Gasteiger partial charge in [0.2, 0.25) is 10.0 Å². The van der Waals surface area contributed by atoms with Crippen molar-refractivity contribution in [1.29, 1.82) is 0 Å². The molecule has 1 heterocycles. The highest BCUT2D eigenvalue weighted by atomic mass is 35.5. The van der Waals surface area contributed by atoms with Gasteiger partial charge in [-0.2, -0.15) is 0 Å². The lowest BCUT2D eigenvalue weighted by molar-refractivity contribution is 0.0663. The second-order valence-electron chi connectivity index (χ2n) is 7.25. The average molecular weight is 458 g/mol. The van der Waals surface area contributed by atoms with Gasteiger partial charge >= 0.3 is 0 Å². The number of hydrogen-bond acceptors (Lipinski definition) is 6. The second-order valence-corrected chi connectivity index (χ2v) is 9.41. The zero-order valence-corrected chi connectivity index (χ0v) is 18.2. The number of aliphatic hydroxyl groups excluding tert-OH is 1. The molecular weight excluding hydrogens is 433 g/mol. The normalized spacial score (nSPS) is 16.3. The number of aliphatic hydroxyl groups is 1. The molecule has 2 N–H and O–H groups in total. The fourth-order valence-electron chi connectivity index (χ4n) is 3.25. The Morgan fingerprint density at radius 3 is 2.43 bits per heavy atom. The van der Waals surface area contributed by atoms with Gasteiger partial charge in [-0.25, -0.2) is 12.8 Å². The molecule has 0 bridgehead atoms. The lowest BCUT2D eigenvalue weighted by atomic mass is 10.2. The van der Waals surface area contributed by atoms with Gasteiger partial charge in [-0.1, -0.05) is 11.6 Å². The van der Waals surface area contributed by atoms with Crippen LogP contribution in [0.25, 0.3) is 0 Å². The number of rotatable bonds is 8. The van der Waals surface area contributed by atoms with Crippen molar-refractivity contribution in [3.63, 3.8) is 0 Å². The Balaban J connectivity index is 1.41. The highest BCUT2D eigenvalue weighted by molar-refractivity contribution is 7.92. The van der Waals surface area contributed by atoms with Crippen LogP contribution in [-0.2, 0) is 10.0 Å². The summed E-state index contributed by atoms with van der Waals surface area (Å²) in [6.45, 7) is 3.64. The molecule has 0 aliphatic carbocycles. The molecule has 0 aromatic heterocycles. The molecular formula is C20H25ClFN3O4S. The fourth-order valence-corrected chi connectivity index (χ4v) is 3.99. The van der Waals surface area contributed by atoms with E-state index in [-0.39, 0.29) is 11.6 Å². The highest BCUT2D eigenvalue weighted by Crippen LogP contribution is 2.23. The van der Waals surface area contributed by atoms with Gasteiger partial charge in [0, 0.05) is 44.1 Å². The number of benzene rings is 2. The third kappa shape index (κ3) is 6.73. The maximum Gasteiger partial charge on any atom is 0.229 e. The lowest BCUT2D eigenvalue weighted by Crippen LogP contribution is -2.49. The molecule has 1 saturated heterocycles. The quantitative estimate of drug-likeness (QED) is 0.633. The molecule has 1 aliphatic heterocycles. The zero-order chi connectivity index (χ0) is 21.7. The number of ether oxygens (including phenoxy) is 1. The summed E-state index contributed by atoms with van der Waals surface area (Å²) in [7, 11) is -3.32. The van der Waals surface area contributed by atoms with Crippen LogP contribution < -0.4 is 14.4 Å². The van der Waals surface area contributed by atoms with Gasteiger partial charge < -0.3 is 14.7 Å². The Kier molecular flexibility index (Phi) is 7.41. The summed E-state index contributed by atoms with van der Waals surface area (Å²) in [6, 6.07) is 11.2. The van der Waals surface area contributed by atoms with E-state index in [0.29, 0.717) is 18.0 Å². The molecule has 0 radical (unpaired) electrons. The lowest BCUT2D eigenvalue weighted by Gasteiger charge is -2.37. The van der Waals surface area contributed by atoms with Crippen LogP contribution in [0.3, 0.4) is 0 Å². The van der Waals surface area contributed by atoms with Crippen LogP contribution in [0.15, 0.2) is 42.5 Å². The van der Waals surface area contributed by atoms with Crippen molar-refractivity contribution in [2.75, 3.05) is 55.2 Å². The number of β-amino-alcohol motifs (C(OH)–C–C–N with tert-alkyl or cyclic N) is 1. The molecule has 2 aromatic rings. The molecule has 0 amide bonds. The second kappa shape index (κ2) is 9.82. The SMILES string of the molecule is CS(=O)(=O)Nc1ccc(OCC(O)CN2CCN(c3ccc(F)c(Cl)c3)CC2)cc1. The third-order valence-corrected chi connectivity index (χ3v) is 5.61. The smallest absolute Gasteiger partial charge is 0.229 e. The molecule has 1 atom stereocenters. The van der Waals surface area contributed by atoms with Crippen LogP contribution in [-0.4, -0.2) is 70.1 Å². The summed E-state index contributed by atoms with van der Waals surface area (Å²) in [6.07, 6.45) is 0.424. The summed E-state index contributed by atoms with van der Waals surface area (Å²) in [5, 5.41) is 10.4. The number of nitrogens with one attached hydrogen (secondary N) is 1. The predicted octanol–water partition coefficient (Wildman–Crippen LogP) is 2.41. The third-order valence-electron chi connectivity index (χ3n) is 4.71. The number of anilines is 2. The fraction of sp³-hybridized carbons (Fsp3) is 0.400. The molecule has 1 unspecified atom stereocenters. The van der Waals surface area contributed by atoms with Gasteiger partial charge in [0.1, 0.15) is 24.3 Å². The van der Waals surface area contributed by atoms with Crippen molar-refractivity contribution in [2.24, 2.45) is 0 Å². The van der Waals surface area contributed by atoms with Gasteiger partial charge in [-0.15, -0.1) is 0 Å². The van der Waals surface area contributed by atoms with E-state index in [1.807, 2.05) is 0 Å². The monoisotopic (exact) mass is 457 g/mol. The first-order valence-corrected chi connectivity index (χ1v) is 11.8. The minimum Gasteiger partial charge on any atom is -0.491 e. The van der Waals surface area contributed by atoms with Crippen molar-refractivity contribution < 1.29 is 22.7 Å². The van der Waals surface area contributed by atoms with Gasteiger partial charge in [-0.3, -0.25) is 9.62 Å². The molecule has 0 spiro atoms. The van der Waals surface area contributed by atoms with E-state index in [9.17, 15) is 17.9 Å².